The second-order valence-electron chi connectivity index (χ2n) is 5.94. The Labute approximate surface area is 132 Å². The molecule has 0 radical (unpaired) electrons. The number of H-pyrrole nitrogens is 1. The quantitative estimate of drug-likeness (QED) is 0.870. The highest BCUT2D eigenvalue weighted by molar-refractivity contribution is 5.96. The van der Waals surface area contributed by atoms with Crippen molar-refractivity contribution in [3.63, 3.8) is 0 Å². The first-order chi connectivity index (χ1) is 10.9. The predicted octanol–water partition coefficient (Wildman–Crippen LogP) is 0.827. The van der Waals surface area contributed by atoms with Crippen LogP contribution in [0, 0.1) is 18.3 Å². The number of carbonyl (C=O) groups excluding carboxylic acids is 2. The predicted molar refractivity (Wildman–Crippen MR) is 78.5 cm³/mol. The van der Waals surface area contributed by atoms with E-state index in [1.54, 1.807) is 11.8 Å². The standard InChI is InChI=1S/C15H15N5O3/c1-9-6-23-19-12(9)14(22)20-7-15(2,8-20)18-13(21)11-3-10(4-16)5-17-11/h3,5-6,17H,7-8H2,1-2H3,(H,18,21). The fourth-order valence-electron chi connectivity index (χ4n) is 2.59. The summed E-state index contributed by atoms with van der Waals surface area (Å²) in [7, 11) is 0. The van der Waals surface area contributed by atoms with E-state index >= 15 is 0 Å². The van der Waals surface area contributed by atoms with E-state index in [0.717, 1.165) is 0 Å². The molecule has 2 aromatic heterocycles. The topological polar surface area (TPSA) is 115 Å². The average molecular weight is 313 g/mol. The summed E-state index contributed by atoms with van der Waals surface area (Å²) in [6.45, 7) is 4.38. The minimum atomic E-state index is -0.512. The van der Waals surface area contributed by atoms with Crippen LogP contribution in [0.25, 0.3) is 0 Å². The maximum Gasteiger partial charge on any atom is 0.276 e. The van der Waals surface area contributed by atoms with E-state index in [9.17, 15) is 9.59 Å². The summed E-state index contributed by atoms with van der Waals surface area (Å²) in [6, 6.07) is 3.44. The number of rotatable bonds is 3. The number of aryl methyl sites for hydroxylation is 1. The van der Waals surface area contributed by atoms with Crippen molar-refractivity contribution in [2.45, 2.75) is 19.4 Å². The lowest BCUT2D eigenvalue weighted by Gasteiger charge is -2.47. The molecule has 0 bridgehead atoms. The van der Waals surface area contributed by atoms with Crippen LogP contribution in [-0.2, 0) is 0 Å². The van der Waals surface area contributed by atoms with Crippen LogP contribution >= 0.6 is 0 Å². The van der Waals surface area contributed by atoms with Crippen LogP contribution < -0.4 is 5.32 Å². The minimum Gasteiger partial charge on any atom is -0.364 e. The smallest absolute Gasteiger partial charge is 0.276 e. The molecule has 2 N–H and O–H groups in total. The largest absolute Gasteiger partial charge is 0.364 e. The fraction of sp³-hybridized carbons (Fsp3) is 0.333. The number of aromatic amines is 1. The van der Waals surface area contributed by atoms with Crippen molar-refractivity contribution in [1.29, 1.82) is 5.26 Å². The van der Waals surface area contributed by atoms with Crippen molar-refractivity contribution in [1.82, 2.24) is 20.4 Å². The van der Waals surface area contributed by atoms with E-state index in [1.807, 2.05) is 13.0 Å². The second-order valence-corrected chi connectivity index (χ2v) is 5.94. The van der Waals surface area contributed by atoms with Crippen LogP contribution in [0.5, 0.6) is 0 Å². The highest BCUT2D eigenvalue weighted by Crippen LogP contribution is 2.23. The van der Waals surface area contributed by atoms with Crippen molar-refractivity contribution in [3.8, 4) is 6.07 Å². The highest BCUT2D eigenvalue weighted by Gasteiger charge is 2.43. The van der Waals surface area contributed by atoms with Crippen molar-refractivity contribution in [2.24, 2.45) is 0 Å². The van der Waals surface area contributed by atoms with Gasteiger partial charge >= 0.3 is 0 Å². The van der Waals surface area contributed by atoms with Gasteiger partial charge in [-0.25, -0.2) is 0 Å². The Morgan fingerprint density at radius 2 is 2.26 bits per heavy atom. The van der Waals surface area contributed by atoms with Crippen LogP contribution in [-0.4, -0.2) is 45.5 Å². The summed E-state index contributed by atoms with van der Waals surface area (Å²) >= 11 is 0. The van der Waals surface area contributed by atoms with E-state index in [-0.39, 0.29) is 11.8 Å². The first kappa shape index (κ1) is 14.8. The Balaban J connectivity index is 1.61. The third kappa shape index (κ3) is 2.68. The Bertz CT molecular complexity index is 807. The molecule has 8 nitrogen and oxygen atoms in total. The average Bonchev–Trinajstić information content (AvgIpc) is 3.12. The normalized spacial score (nSPS) is 15.6. The molecular formula is C15H15N5O3. The molecule has 2 aromatic rings. The number of carbonyl (C=O) groups is 2. The Kier molecular flexibility index (Phi) is 3.41. The van der Waals surface area contributed by atoms with Gasteiger partial charge in [0, 0.05) is 24.8 Å². The van der Waals surface area contributed by atoms with E-state index in [4.69, 9.17) is 9.78 Å². The maximum atomic E-state index is 12.2. The molecule has 0 aromatic carbocycles. The van der Waals surface area contributed by atoms with Crippen LogP contribution in [0.2, 0.25) is 0 Å². The summed E-state index contributed by atoms with van der Waals surface area (Å²) in [6.07, 6.45) is 2.90. The van der Waals surface area contributed by atoms with Gasteiger partial charge in [0.1, 0.15) is 18.0 Å². The number of amides is 2. The number of hydrogen-bond donors (Lipinski definition) is 2. The maximum absolute atomic E-state index is 12.2. The molecule has 3 rings (SSSR count). The third-order valence-corrected chi connectivity index (χ3v) is 3.79. The third-order valence-electron chi connectivity index (χ3n) is 3.79. The Morgan fingerprint density at radius 1 is 1.52 bits per heavy atom. The molecule has 1 aliphatic heterocycles. The number of nitriles is 1. The molecule has 118 valence electrons. The van der Waals surface area contributed by atoms with Gasteiger partial charge in [-0.3, -0.25) is 9.59 Å². The zero-order valence-electron chi connectivity index (χ0n) is 12.7. The van der Waals surface area contributed by atoms with E-state index in [1.165, 1.54) is 18.5 Å². The van der Waals surface area contributed by atoms with E-state index in [2.05, 4.69) is 15.5 Å². The summed E-state index contributed by atoms with van der Waals surface area (Å²) in [5.74, 6) is -0.520. The SMILES string of the molecule is Cc1conc1C(=O)N1CC(C)(NC(=O)c2cc(C#N)c[nH]2)C1. The molecule has 0 atom stereocenters. The summed E-state index contributed by atoms with van der Waals surface area (Å²) in [5, 5.41) is 15.3. The molecule has 1 saturated heterocycles. The van der Waals surface area contributed by atoms with Crippen LogP contribution in [0.1, 0.15) is 39.0 Å². The summed E-state index contributed by atoms with van der Waals surface area (Å²) < 4.78 is 4.77. The van der Waals surface area contributed by atoms with Crippen molar-refractivity contribution < 1.29 is 14.1 Å². The van der Waals surface area contributed by atoms with Crippen molar-refractivity contribution >= 4 is 11.8 Å². The van der Waals surface area contributed by atoms with E-state index in [0.29, 0.717) is 35.6 Å². The van der Waals surface area contributed by atoms with Crippen LogP contribution in [0.4, 0.5) is 0 Å². The zero-order valence-corrected chi connectivity index (χ0v) is 12.7. The molecule has 0 aliphatic carbocycles. The molecule has 1 fully saturated rings. The lowest BCUT2D eigenvalue weighted by Crippen LogP contribution is -2.69. The molecule has 1 aliphatic rings. The zero-order chi connectivity index (χ0) is 16.6. The van der Waals surface area contributed by atoms with Gasteiger partial charge in [0.25, 0.3) is 11.8 Å². The second kappa shape index (κ2) is 5.28. The Hall–Kier alpha value is -3.08. The van der Waals surface area contributed by atoms with Gasteiger partial charge in [-0.2, -0.15) is 5.26 Å². The Morgan fingerprint density at radius 3 is 2.83 bits per heavy atom. The van der Waals surface area contributed by atoms with Gasteiger partial charge < -0.3 is 19.7 Å². The molecule has 0 unspecified atom stereocenters. The first-order valence-corrected chi connectivity index (χ1v) is 7.03. The van der Waals surface area contributed by atoms with Gasteiger partial charge in [-0.15, -0.1) is 0 Å². The molecule has 8 heteroatoms. The number of likely N-dealkylation sites (tertiary alicyclic amines) is 1. The van der Waals surface area contributed by atoms with E-state index < -0.39 is 5.54 Å². The monoisotopic (exact) mass is 313 g/mol. The summed E-state index contributed by atoms with van der Waals surface area (Å²) in [5.41, 5.74) is 1.18. The van der Waals surface area contributed by atoms with Gasteiger partial charge in [0.05, 0.1) is 11.1 Å². The number of nitrogens with zero attached hydrogens (tertiary/aromatic N) is 3. The molecule has 2 amide bonds. The van der Waals surface area contributed by atoms with Gasteiger partial charge in [-0.1, -0.05) is 5.16 Å². The van der Waals surface area contributed by atoms with Gasteiger partial charge in [0.15, 0.2) is 5.69 Å². The van der Waals surface area contributed by atoms with Crippen molar-refractivity contribution in [3.05, 3.63) is 41.0 Å². The first-order valence-electron chi connectivity index (χ1n) is 7.03. The van der Waals surface area contributed by atoms with Gasteiger partial charge in [0.2, 0.25) is 0 Å². The molecule has 0 saturated carbocycles. The van der Waals surface area contributed by atoms with Crippen LogP contribution in [0.3, 0.4) is 0 Å². The van der Waals surface area contributed by atoms with Crippen LogP contribution in [0.15, 0.2) is 23.0 Å². The fourth-order valence-corrected chi connectivity index (χ4v) is 2.59. The minimum absolute atomic E-state index is 0.213. The lowest BCUT2D eigenvalue weighted by molar-refractivity contribution is 0.0321. The number of aromatic nitrogens is 2. The molecule has 0 spiro atoms. The molecule has 3 heterocycles. The molecular weight excluding hydrogens is 298 g/mol. The number of hydrogen-bond acceptors (Lipinski definition) is 5. The summed E-state index contributed by atoms with van der Waals surface area (Å²) in [4.78, 5) is 28.8. The number of nitrogens with one attached hydrogen (secondary N) is 2. The molecule has 23 heavy (non-hydrogen) atoms. The lowest BCUT2D eigenvalue weighted by atomic mass is 9.91. The van der Waals surface area contributed by atoms with Crippen molar-refractivity contribution in [2.75, 3.05) is 13.1 Å². The van der Waals surface area contributed by atoms with Gasteiger partial charge in [-0.05, 0) is 19.9 Å². The highest BCUT2D eigenvalue weighted by atomic mass is 16.5.